The molecule has 152 valence electrons. The monoisotopic (exact) mass is 419 g/mol. The van der Waals surface area contributed by atoms with Crippen molar-refractivity contribution in [3.05, 3.63) is 70.6 Å². The Morgan fingerprint density at radius 2 is 1.69 bits per heavy atom. The van der Waals surface area contributed by atoms with Gasteiger partial charge in [-0.3, -0.25) is 9.69 Å². The van der Waals surface area contributed by atoms with E-state index in [1.165, 1.54) is 17.4 Å². The number of aliphatic carboxylic acids is 1. The van der Waals surface area contributed by atoms with Crippen LogP contribution in [-0.2, 0) is 11.0 Å². The summed E-state index contributed by atoms with van der Waals surface area (Å²) in [5.74, 6) is -1.28. The average Bonchev–Trinajstić information content (AvgIpc) is 3.12. The van der Waals surface area contributed by atoms with Crippen LogP contribution in [0.5, 0.6) is 0 Å². The first kappa shape index (κ1) is 19.9. The van der Waals surface area contributed by atoms with Crippen LogP contribution < -0.4 is 0 Å². The topological polar surface area (TPSA) is 40.5 Å². The van der Waals surface area contributed by atoms with Crippen LogP contribution >= 0.6 is 11.3 Å². The number of carboxylic acids is 1. The smallest absolute Gasteiger partial charge is 0.416 e. The number of benzene rings is 2. The van der Waals surface area contributed by atoms with Crippen LogP contribution in [0.1, 0.15) is 35.6 Å². The molecule has 4 rings (SSSR count). The second-order valence-electron chi connectivity index (χ2n) is 7.32. The molecular formula is C22H20F3NO2S. The van der Waals surface area contributed by atoms with E-state index in [0.29, 0.717) is 25.9 Å². The third-order valence-electron chi connectivity index (χ3n) is 5.61. The highest BCUT2D eigenvalue weighted by molar-refractivity contribution is 7.17. The summed E-state index contributed by atoms with van der Waals surface area (Å²) in [7, 11) is 0. The highest BCUT2D eigenvalue weighted by Crippen LogP contribution is 2.43. The van der Waals surface area contributed by atoms with E-state index in [0.717, 1.165) is 21.7 Å². The molecule has 3 aromatic rings. The lowest BCUT2D eigenvalue weighted by Crippen LogP contribution is -2.39. The molecule has 0 spiro atoms. The molecule has 7 heteroatoms. The molecule has 0 radical (unpaired) electrons. The number of rotatable bonds is 4. The van der Waals surface area contributed by atoms with Crippen molar-refractivity contribution < 1.29 is 23.1 Å². The van der Waals surface area contributed by atoms with Gasteiger partial charge < -0.3 is 5.11 Å². The van der Waals surface area contributed by atoms with E-state index in [1.807, 2.05) is 34.5 Å². The van der Waals surface area contributed by atoms with Gasteiger partial charge in [0.2, 0.25) is 0 Å². The molecule has 2 heterocycles. The van der Waals surface area contributed by atoms with E-state index < -0.39 is 29.7 Å². The van der Waals surface area contributed by atoms with E-state index in [1.54, 1.807) is 12.1 Å². The maximum atomic E-state index is 13.8. The van der Waals surface area contributed by atoms with E-state index in [2.05, 4.69) is 0 Å². The minimum Gasteiger partial charge on any atom is -0.481 e. The number of carboxylic acid groups (broad SMARTS) is 1. The lowest BCUT2D eigenvalue weighted by Gasteiger charge is -2.37. The highest BCUT2D eigenvalue weighted by Gasteiger charge is 2.38. The van der Waals surface area contributed by atoms with E-state index in [9.17, 15) is 23.1 Å². The van der Waals surface area contributed by atoms with Crippen LogP contribution in [0, 0.1) is 5.92 Å². The Morgan fingerprint density at radius 1 is 1.03 bits per heavy atom. The molecule has 1 unspecified atom stereocenters. The lowest BCUT2D eigenvalue weighted by atomic mass is 9.89. The highest BCUT2D eigenvalue weighted by atomic mass is 32.1. The second kappa shape index (κ2) is 7.80. The molecular weight excluding hydrogens is 399 g/mol. The standard InChI is InChI=1S/C22H20F3NO2S/c23-22(24,25)18-7-3-1-6-16(18)20(26-11-9-14(10-12-26)21(27)28)17-13-29-19-8-4-2-5-15(17)19/h1-8,13-14,20H,9-12H2,(H,27,28). The van der Waals surface area contributed by atoms with Crippen molar-refractivity contribution >= 4 is 27.4 Å². The summed E-state index contributed by atoms with van der Waals surface area (Å²) in [5.41, 5.74) is 0.425. The molecule has 29 heavy (non-hydrogen) atoms. The quantitative estimate of drug-likeness (QED) is 0.581. The van der Waals surface area contributed by atoms with E-state index in [4.69, 9.17) is 0 Å². The zero-order chi connectivity index (χ0) is 20.6. The molecule has 0 amide bonds. The fraction of sp³-hybridized carbons (Fsp3) is 0.318. The molecule has 3 nitrogen and oxygen atoms in total. The van der Waals surface area contributed by atoms with Gasteiger partial charge in [-0.2, -0.15) is 13.2 Å². The number of alkyl halides is 3. The molecule has 0 aliphatic carbocycles. The van der Waals surface area contributed by atoms with Gasteiger partial charge >= 0.3 is 12.1 Å². The molecule has 1 aromatic heterocycles. The van der Waals surface area contributed by atoms with E-state index in [-0.39, 0.29) is 5.56 Å². The first-order valence-corrected chi connectivity index (χ1v) is 10.3. The third kappa shape index (κ3) is 3.89. The van der Waals surface area contributed by atoms with Crippen LogP contribution in [0.2, 0.25) is 0 Å². The number of hydrogen-bond donors (Lipinski definition) is 1. The van der Waals surface area contributed by atoms with Crippen molar-refractivity contribution in [2.45, 2.75) is 25.1 Å². The lowest BCUT2D eigenvalue weighted by molar-refractivity contribution is -0.143. The molecule has 0 saturated carbocycles. The van der Waals surface area contributed by atoms with Gasteiger partial charge in [0.25, 0.3) is 0 Å². The largest absolute Gasteiger partial charge is 0.481 e. The summed E-state index contributed by atoms with van der Waals surface area (Å²) < 4.78 is 42.4. The second-order valence-corrected chi connectivity index (χ2v) is 8.23. The molecule has 1 N–H and O–H groups in total. The zero-order valence-electron chi connectivity index (χ0n) is 15.5. The predicted octanol–water partition coefficient (Wildman–Crippen LogP) is 5.81. The number of thiophene rings is 1. The first-order chi connectivity index (χ1) is 13.9. The Hall–Kier alpha value is -2.38. The predicted molar refractivity (Wildman–Crippen MR) is 107 cm³/mol. The Bertz CT molecular complexity index is 1020. The van der Waals surface area contributed by atoms with Gasteiger partial charge in [0.15, 0.2) is 0 Å². The third-order valence-corrected chi connectivity index (χ3v) is 6.59. The number of carbonyl (C=O) groups is 1. The minimum atomic E-state index is -4.46. The Kier molecular flexibility index (Phi) is 5.36. The number of hydrogen-bond acceptors (Lipinski definition) is 3. The fourth-order valence-corrected chi connectivity index (χ4v) is 5.15. The maximum Gasteiger partial charge on any atom is 0.416 e. The van der Waals surface area contributed by atoms with Gasteiger partial charge in [-0.05, 0) is 60.0 Å². The van der Waals surface area contributed by atoms with Crippen LogP contribution in [-0.4, -0.2) is 29.1 Å². The van der Waals surface area contributed by atoms with E-state index >= 15 is 0 Å². The number of likely N-dealkylation sites (tertiary alicyclic amines) is 1. The summed E-state index contributed by atoms with van der Waals surface area (Å²) in [6, 6.07) is 12.9. The molecule has 1 fully saturated rings. The zero-order valence-corrected chi connectivity index (χ0v) is 16.3. The van der Waals surface area contributed by atoms with Crippen molar-refractivity contribution in [2.24, 2.45) is 5.92 Å². The van der Waals surface area contributed by atoms with Gasteiger partial charge in [-0.15, -0.1) is 11.3 Å². The first-order valence-electron chi connectivity index (χ1n) is 9.45. The molecule has 1 saturated heterocycles. The summed E-state index contributed by atoms with van der Waals surface area (Å²) in [6.07, 6.45) is -3.59. The van der Waals surface area contributed by atoms with Crippen molar-refractivity contribution in [3.63, 3.8) is 0 Å². The number of fused-ring (bicyclic) bond motifs is 1. The molecule has 1 atom stereocenters. The number of nitrogens with zero attached hydrogens (tertiary/aromatic N) is 1. The molecule has 1 aliphatic heterocycles. The Labute approximate surface area is 170 Å². The van der Waals surface area contributed by atoms with Gasteiger partial charge in [-0.25, -0.2) is 0 Å². The molecule has 2 aromatic carbocycles. The van der Waals surface area contributed by atoms with Crippen molar-refractivity contribution in [1.82, 2.24) is 4.90 Å². The van der Waals surface area contributed by atoms with Gasteiger partial charge in [-0.1, -0.05) is 36.4 Å². The molecule has 1 aliphatic rings. The van der Waals surface area contributed by atoms with Crippen molar-refractivity contribution in [1.29, 1.82) is 0 Å². The minimum absolute atomic E-state index is 0.220. The van der Waals surface area contributed by atoms with Gasteiger partial charge in [0.1, 0.15) is 0 Å². The molecule has 0 bridgehead atoms. The van der Waals surface area contributed by atoms with Crippen LogP contribution in [0.25, 0.3) is 10.1 Å². The Morgan fingerprint density at radius 3 is 2.38 bits per heavy atom. The van der Waals surface area contributed by atoms with Crippen LogP contribution in [0.3, 0.4) is 0 Å². The van der Waals surface area contributed by atoms with Crippen molar-refractivity contribution in [2.75, 3.05) is 13.1 Å². The summed E-state index contributed by atoms with van der Waals surface area (Å²) in [4.78, 5) is 13.3. The Balaban J connectivity index is 1.82. The van der Waals surface area contributed by atoms with Gasteiger partial charge in [0.05, 0.1) is 17.5 Å². The number of piperidine rings is 1. The average molecular weight is 419 g/mol. The van der Waals surface area contributed by atoms with Crippen LogP contribution in [0.4, 0.5) is 13.2 Å². The summed E-state index contributed by atoms with van der Waals surface area (Å²) in [6.45, 7) is 0.885. The summed E-state index contributed by atoms with van der Waals surface area (Å²) in [5, 5.41) is 12.2. The maximum absolute atomic E-state index is 13.8. The van der Waals surface area contributed by atoms with Crippen molar-refractivity contribution in [3.8, 4) is 0 Å². The fourth-order valence-electron chi connectivity index (χ4n) is 4.17. The SMILES string of the molecule is O=C(O)C1CCN(C(c2ccccc2C(F)(F)F)c2csc3ccccc23)CC1. The van der Waals surface area contributed by atoms with Crippen LogP contribution in [0.15, 0.2) is 53.9 Å². The van der Waals surface area contributed by atoms with Gasteiger partial charge in [0, 0.05) is 4.70 Å². The normalized spacial score (nSPS) is 17.5. The number of halogens is 3. The summed E-state index contributed by atoms with van der Waals surface area (Å²) >= 11 is 1.52.